The maximum atomic E-state index is 13.7. The lowest BCUT2D eigenvalue weighted by atomic mass is 10.0. The van der Waals surface area contributed by atoms with Gasteiger partial charge in [0.15, 0.2) is 17.5 Å². The van der Waals surface area contributed by atoms with E-state index >= 15 is 0 Å². The van der Waals surface area contributed by atoms with E-state index in [-0.39, 0.29) is 11.6 Å². The molecule has 0 aliphatic heterocycles. The van der Waals surface area contributed by atoms with Crippen molar-refractivity contribution in [1.82, 2.24) is 5.32 Å². The van der Waals surface area contributed by atoms with Crippen LogP contribution in [-0.2, 0) is 6.42 Å². The van der Waals surface area contributed by atoms with Crippen LogP contribution in [-0.4, -0.2) is 7.05 Å². The van der Waals surface area contributed by atoms with Crippen LogP contribution in [0.1, 0.15) is 16.5 Å². The van der Waals surface area contributed by atoms with Crippen LogP contribution in [0.5, 0.6) is 0 Å². The first-order chi connectivity index (χ1) is 8.63. The average molecular weight is 271 g/mol. The molecule has 0 aliphatic rings. The number of thiophene rings is 1. The Labute approximate surface area is 107 Å². The van der Waals surface area contributed by atoms with Crippen LogP contribution in [0.2, 0.25) is 0 Å². The number of hydrogen-bond donors (Lipinski definition) is 1. The lowest BCUT2D eigenvalue weighted by Crippen LogP contribution is -2.20. The molecule has 96 valence electrons. The molecule has 0 saturated carbocycles. The predicted octanol–water partition coefficient (Wildman–Crippen LogP) is 3.67. The van der Waals surface area contributed by atoms with Gasteiger partial charge in [-0.25, -0.2) is 13.2 Å². The Hall–Kier alpha value is -1.33. The van der Waals surface area contributed by atoms with Crippen LogP contribution in [0.4, 0.5) is 13.2 Å². The van der Waals surface area contributed by atoms with Gasteiger partial charge in [0.05, 0.1) is 0 Å². The minimum Gasteiger partial charge on any atom is -0.313 e. The second kappa shape index (κ2) is 5.54. The Balaban J connectivity index is 2.30. The molecule has 0 aliphatic carbocycles. The fraction of sp³-hybridized carbons (Fsp3) is 0.231. The van der Waals surface area contributed by atoms with E-state index < -0.39 is 17.5 Å². The van der Waals surface area contributed by atoms with Gasteiger partial charge in [-0.05, 0) is 24.6 Å². The third-order valence-electron chi connectivity index (χ3n) is 2.77. The van der Waals surface area contributed by atoms with Crippen molar-refractivity contribution in [1.29, 1.82) is 0 Å². The molecule has 1 atom stereocenters. The molecule has 0 fully saturated rings. The summed E-state index contributed by atoms with van der Waals surface area (Å²) in [6, 6.07) is 5.68. The van der Waals surface area contributed by atoms with Gasteiger partial charge < -0.3 is 5.32 Å². The smallest absolute Gasteiger partial charge is 0.194 e. The summed E-state index contributed by atoms with van der Waals surface area (Å²) < 4.78 is 39.7. The highest BCUT2D eigenvalue weighted by Crippen LogP contribution is 2.25. The Bertz CT molecular complexity index is 525. The van der Waals surface area contributed by atoms with Crippen molar-refractivity contribution in [2.24, 2.45) is 0 Å². The largest absolute Gasteiger partial charge is 0.313 e. The van der Waals surface area contributed by atoms with E-state index in [4.69, 9.17) is 0 Å². The van der Waals surface area contributed by atoms with Crippen molar-refractivity contribution in [3.8, 4) is 0 Å². The number of likely N-dealkylation sites (N-methyl/N-ethyl adjacent to an activating group) is 1. The van der Waals surface area contributed by atoms with E-state index in [0.717, 1.165) is 10.9 Å². The lowest BCUT2D eigenvalue weighted by molar-refractivity contribution is 0.429. The normalized spacial score (nSPS) is 12.7. The number of benzene rings is 1. The summed E-state index contributed by atoms with van der Waals surface area (Å²) in [5.74, 6) is -3.70. The molecule has 5 heteroatoms. The Morgan fingerprint density at radius 3 is 2.56 bits per heavy atom. The number of rotatable bonds is 4. The van der Waals surface area contributed by atoms with Crippen LogP contribution >= 0.6 is 11.3 Å². The van der Waals surface area contributed by atoms with Crippen LogP contribution < -0.4 is 5.32 Å². The van der Waals surface area contributed by atoms with Crippen molar-refractivity contribution in [3.05, 3.63) is 57.5 Å². The highest BCUT2D eigenvalue weighted by molar-refractivity contribution is 7.09. The Kier molecular flexibility index (Phi) is 4.04. The van der Waals surface area contributed by atoms with E-state index in [9.17, 15) is 13.2 Å². The fourth-order valence-corrected chi connectivity index (χ4v) is 2.56. The van der Waals surface area contributed by atoms with E-state index in [0.29, 0.717) is 6.42 Å². The molecular weight excluding hydrogens is 259 g/mol. The maximum absolute atomic E-state index is 13.7. The fourth-order valence-electron chi connectivity index (χ4n) is 1.81. The molecule has 1 unspecified atom stereocenters. The van der Waals surface area contributed by atoms with Crippen LogP contribution in [0.3, 0.4) is 0 Å². The van der Waals surface area contributed by atoms with Crippen molar-refractivity contribution in [2.75, 3.05) is 7.05 Å². The maximum Gasteiger partial charge on any atom is 0.194 e. The van der Waals surface area contributed by atoms with Crippen LogP contribution in [0, 0.1) is 17.5 Å². The lowest BCUT2D eigenvalue weighted by Gasteiger charge is -2.17. The molecule has 0 bridgehead atoms. The SMILES string of the molecule is CNC(Cc1cccs1)c1ccc(F)c(F)c1F. The number of nitrogens with one attached hydrogen (secondary N) is 1. The third kappa shape index (κ3) is 2.57. The monoisotopic (exact) mass is 271 g/mol. The Morgan fingerprint density at radius 1 is 1.17 bits per heavy atom. The van der Waals surface area contributed by atoms with E-state index in [2.05, 4.69) is 5.32 Å². The molecule has 0 saturated heterocycles. The zero-order valence-corrected chi connectivity index (χ0v) is 10.5. The molecule has 0 amide bonds. The first kappa shape index (κ1) is 13.1. The molecular formula is C13H12F3NS. The van der Waals surface area contributed by atoms with Gasteiger partial charge in [0.25, 0.3) is 0 Å². The van der Waals surface area contributed by atoms with Gasteiger partial charge in [-0.1, -0.05) is 12.1 Å². The summed E-state index contributed by atoms with van der Waals surface area (Å²) in [7, 11) is 1.67. The first-order valence-corrected chi connectivity index (χ1v) is 6.34. The van der Waals surface area contributed by atoms with Gasteiger partial charge in [0, 0.05) is 22.9 Å². The highest BCUT2D eigenvalue weighted by atomic mass is 32.1. The van der Waals surface area contributed by atoms with E-state index in [1.54, 1.807) is 18.4 Å². The van der Waals surface area contributed by atoms with Crippen LogP contribution in [0.15, 0.2) is 29.6 Å². The van der Waals surface area contributed by atoms with Crippen molar-refractivity contribution < 1.29 is 13.2 Å². The summed E-state index contributed by atoms with van der Waals surface area (Å²) in [6.45, 7) is 0. The second-order valence-corrected chi connectivity index (χ2v) is 4.92. The third-order valence-corrected chi connectivity index (χ3v) is 3.67. The van der Waals surface area contributed by atoms with Crippen LogP contribution in [0.25, 0.3) is 0 Å². The minimum atomic E-state index is -1.42. The molecule has 18 heavy (non-hydrogen) atoms. The summed E-state index contributed by atoms with van der Waals surface area (Å²) in [6.07, 6.45) is 0.538. The Morgan fingerprint density at radius 2 is 1.94 bits per heavy atom. The second-order valence-electron chi connectivity index (χ2n) is 3.89. The van der Waals surface area contributed by atoms with Crippen molar-refractivity contribution in [2.45, 2.75) is 12.5 Å². The van der Waals surface area contributed by atoms with E-state index in [1.807, 2.05) is 17.5 Å². The van der Waals surface area contributed by atoms with Crippen molar-refractivity contribution in [3.63, 3.8) is 0 Å². The van der Waals surface area contributed by atoms with Gasteiger partial charge in [-0.2, -0.15) is 0 Å². The number of halogens is 3. The van der Waals surface area contributed by atoms with Gasteiger partial charge >= 0.3 is 0 Å². The summed E-state index contributed by atoms with van der Waals surface area (Å²) >= 11 is 1.54. The van der Waals surface area contributed by atoms with Gasteiger partial charge in [0.1, 0.15) is 0 Å². The summed E-state index contributed by atoms with van der Waals surface area (Å²) in [5, 5.41) is 4.84. The molecule has 1 aromatic carbocycles. The quantitative estimate of drug-likeness (QED) is 0.837. The molecule has 1 nitrogen and oxygen atoms in total. The molecule has 1 N–H and O–H groups in total. The zero-order chi connectivity index (χ0) is 13.1. The summed E-state index contributed by atoms with van der Waals surface area (Å²) in [5.41, 5.74) is 0.143. The standard InChI is InChI=1S/C13H12F3NS/c1-17-11(7-8-3-2-6-18-8)9-4-5-10(14)13(16)12(9)15/h2-6,11,17H,7H2,1H3. The molecule has 1 heterocycles. The van der Waals surface area contributed by atoms with Gasteiger partial charge in [-0.3, -0.25) is 0 Å². The first-order valence-electron chi connectivity index (χ1n) is 5.46. The average Bonchev–Trinajstić information content (AvgIpc) is 2.87. The van der Waals surface area contributed by atoms with Crippen molar-refractivity contribution >= 4 is 11.3 Å². The molecule has 0 radical (unpaired) electrons. The molecule has 0 spiro atoms. The van der Waals surface area contributed by atoms with Gasteiger partial charge in [-0.15, -0.1) is 11.3 Å². The predicted molar refractivity (Wildman–Crippen MR) is 66.1 cm³/mol. The topological polar surface area (TPSA) is 12.0 Å². The van der Waals surface area contributed by atoms with E-state index in [1.165, 1.54) is 6.07 Å². The molecule has 2 aromatic rings. The molecule has 2 rings (SSSR count). The van der Waals surface area contributed by atoms with Gasteiger partial charge in [0.2, 0.25) is 0 Å². The number of hydrogen-bond acceptors (Lipinski definition) is 2. The molecule has 1 aromatic heterocycles. The minimum absolute atomic E-state index is 0.143. The summed E-state index contributed by atoms with van der Waals surface area (Å²) in [4.78, 5) is 1.05. The highest BCUT2D eigenvalue weighted by Gasteiger charge is 2.20. The zero-order valence-electron chi connectivity index (χ0n) is 9.71.